The number of rotatable bonds is 5. The average Bonchev–Trinajstić information content (AvgIpc) is 2.38. The predicted octanol–water partition coefficient (Wildman–Crippen LogP) is 2.24. The molecule has 5 heteroatoms. The van der Waals surface area contributed by atoms with Crippen molar-refractivity contribution >= 4 is 34.4 Å². The number of benzene rings is 1. The molecule has 0 aromatic heterocycles. The second-order valence-corrected chi connectivity index (χ2v) is 5.50. The van der Waals surface area contributed by atoms with Crippen molar-refractivity contribution in [3.05, 3.63) is 32.9 Å². The van der Waals surface area contributed by atoms with Crippen molar-refractivity contribution in [3.63, 3.8) is 0 Å². The topological polar surface area (TPSA) is 58.2 Å². The van der Waals surface area contributed by atoms with Gasteiger partial charge in [-0.3, -0.25) is 9.59 Å². The SMILES string of the molecule is CCCNC(=O)C(C)NC(=O)c1cccc(C)c1I. The number of carbonyl (C=O) groups is 2. The molecule has 1 unspecified atom stereocenters. The molecule has 0 fully saturated rings. The molecule has 2 N–H and O–H groups in total. The van der Waals surface area contributed by atoms with Gasteiger partial charge < -0.3 is 10.6 Å². The largest absolute Gasteiger partial charge is 0.354 e. The van der Waals surface area contributed by atoms with Gasteiger partial charge >= 0.3 is 0 Å². The predicted molar refractivity (Wildman–Crippen MR) is 84.1 cm³/mol. The molecule has 0 aliphatic carbocycles. The second kappa shape index (κ2) is 7.47. The minimum atomic E-state index is -0.532. The van der Waals surface area contributed by atoms with Gasteiger partial charge in [0.05, 0.1) is 5.56 Å². The quantitative estimate of drug-likeness (QED) is 0.777. The third-order valence-electron chi connectivity index (χ3n) is 2.73. The van der Waals surface area contributed by atoms with E-state index in [0.717, 1.165) is 15.6 Å². The Hall–Kier alpha value is -1.11. The van der Waals surface area contributed by atoms with Gasteiger partial charge in [-0.25, -0.2) is 0 Å². The Morgan fingerprint density at radius 2 is 2.05 bits per heavy atom. The molecular weight excluding hydrogens is 355 g/mol. The minimum Gasteiger partial charge on any atom is -0.354 e. The number of aryl methyl sites for hydroxylation is 1. The van der Waals surface area contributed by atoms with Crippen LogP contribution < -0.4 is 10.6 Å². The lowest BCUT2D eigenvalue weighted by Gasteiger charge is -2.15. The maximum absolute atomic E-state index is 12.1. The fourth-order valence-corrected chi connectivity index (χ4v) is 2.17. The van der Waals surface area contributed by atoms with Crippen molar-refractivity contribution in [2.75, 3.05) is 6.54 Å². The van der Waals surface area contributed by atoms with E-state index in [9.17, 15) is 9.59 Å². The van der Waals surface area contributed by atoms with Crippen LogP contribution in [-0.2, 0) is 4.79 Å². The first-order chi connectivity index (χ1) is 8.97. The molecule has 0 heterocycles. The van der Waals surface area contributed by atoms with Gasteiger partial charge in [0.25, 0.3) is 5.91 Å². The summed E-state index contributed by atoms with van der Waals surface area (Å²) in [6, 6.07) is 5.03. The number of hydrogen-bond donors (Lipinski definition) is 2. The number of amides is 2. The summed E-state index contributed by atoms with van der Waals surface area (Å²) < 4.78 is 0.916. The second-order valence-electron chi connectivity index (χ2n) is 4.42. The van der Waals surface area contributed by atoms with Crippen LogP contribution in [0.25, 0.3) is 0 Å². The van der Waals surface area contributed by atoms with E-state index in [1.54, 1.807) is 13.0 Å². The zero-order chi connectivity index (χ0) is 14.4. The lowest BCUT2D eigenvalue weighted by atomic mass is 10.1. The van der Waals surface area contributed by atoms with Gasteiger partial charge in [0, 0.05) is 10.1 Å². The summed E-state index contributed by atoms with van der Waals surface area (Å²) in [6.07, 6.45) is 0.877. The third kappa shape index (κ3) is 4.49. The number of nitrogens with one attached hydrogen (secondary N) is 2. The summed E-state index contributed by atoms with van der Waals surface area (Å²) >= 11 is 2.15. The first kappa shape index (κ1) is 15.9. The van der Waals surface area contributed by atoms with Crippen LogP contribution in [0.1, 0.15) is 36.2 Å². The number of carbonyl (C=O) groups excluding carboxylic acids is 2. The van der Waals surface area contributed by atoms with Crippen LogP contribution in [0, 0.1) is 10.5 Å². The highest BCUT2D eigenvalue weighted by Crippen LogP contribution is 2.16. The van der Waals surface area contributed by atoms with Crippen LogP contribution in [0.4, 0.5) is 0 Å². The third-order valence-corrected chi connectivity index (χ3v) is 4.16. The molecule has 2 amide bonds. The smallest absolute Gasteiger partial charge is 0.253 e. The zero-order valence-corrected chi connectivity index (χ0v) is 13.6. The summed E-state index contributed by atoms with van der Waals surface area (Å²) in [5.41, 5.74) is 1.66. The summed E-state index contributed by atoms with van der Waals surface area (Å²) in [6.45, 7) is 6.25. The molecule has 0 spiro atoms. The molecule has 1 rings (SSSR count). The molecule has 0 saturated heterocycles. The maximum atomic E-state index is 12.1. The molecule has 1 atom stereocenters. The van der Waals surface area contributed by atoms with Gasteiger partial charge in [0.15, 0.2) is 0 Å². The van der Waals surface area contributed by atoms with E-state index >= 15 is 0 Å². The van der Waals surface area contributed by atoms with E-state index in [4.69, 9.17) is 0 Å². The van der Waals surface area contributed by atoms with Gasteiger partial charge in [0.2, 0.25) is 5.91 Å². The zero-order valence-electron chi connectivity index (χ0n) is 11.4. The highest BCUT2D eigenvalue weighted by Gasteiger charge is 2.17. The van der Waals surface area contributed by atoms with Gasteiger partial charge in [-0.2, -0.15) is 0 Å². The molecule has 104 valence electrons. The molecule has 0 radical (unpaired) electrons. The Balaban J connectivity index is 2.69. The summed E-state index contributed by atoms with van der Waals surface area (Å²) in [7, 11) is 0. The van der Waals surface area contributed by atoms with Crippen LogP contribution >= 0.6 is 22.6 Å². The van der Waals surface area contributed by atoms with E-state index in [-0.39, 0.29) is 11.8 Å². The van der Waals surface area contributed by atoms with Crippen molar-refractivity contribution in [1.29, 1.82) is 0 Å². The number of halogens is 1. The van der Waals surface area contributed by atoms with Crippen LogP contribution in [0.2, 0.25) is 0 Å². The number of hydrogen-bond acceptors (Lipinski definition) is 2. The lowest BCUT2D eigenvalue weighted by Crippen LogP contribution is -2.45. The van der Waals surface area contributed by atoms with Crippen LogP contribution in [0.3, 0.4) is 0 Å². The van der Waals surface area contributed by atoms with E-state index in [2.05, 4.69) is 33.2 Å². The summed E-state index contributed by atoms with van der Waals surface area (Å²) in [4.78, 5) is 23.8. The summed E-state index contributed by atoms with van der Waals surface area (Å²) in [5, 5.41) is 5.48. The van der Waals surface area contributed by atoms with Crippen molar-refractivity contribution in [3.8, 4) is 0 Å². The summed E-state index contributed by atoms with van der Waals surface area (Å²) in [5.74, 6) is -0.370. The van der Waals surface area contributed by atoms with Crippen molar-refractivity contribution in [2.24, 2.45) is 0 Å². The van der Waals surface area contributed by atoms with Gasteiger partial charge in [-0.1, -0.05) is 19.1 Å². The lowest BCUT2D eigenvalue weighted by molar-refractivity contribution is -0.122. The van der Waals surface area contributed by atoms with E-state index in [0.29, 0.717) is 12.1 Å². The fourth-order valence-electron chi connectivity index (χ4n) is 1.56. The molecule has 0 saturated carbocycles. The van der Waals surface area contributed by atoms with E-state index in [1.807, 2.05) is 26.0 Å². The molecule has 1 aromatic rings. The van der Waals surface area contributed by atoms with Crippen molar-refractivity contribution in [2.45, 2.75) is 33.2 Å². The van der Waals surface area contributed by atoms with Crippen LogP contribution in [-0.4, -0.2) is 24.4 Å². The maximum Gasteiger partial charge on any atom is 0.253 e. The Morgan fingerprint density at radius 3 is 2.68 bits per heavy atom. The highest BCUT2D eigenvalue weighted by molar-refractivity contribution is 14.1. The Bertz CT molecular complexity index is 475. The van der Waals surface area contributed by atoms with E-state index < -0.39 is 6.04 Å². The van der Waals surface area contributed by atoms with Gasteiger partial charge in [-0.05, 0) is 54.5 Å². The first-order valence-electron chi connectivity index (χ1n) is 6.31. The van der Waals surface area contributed by atoms with Gasteiger partial charge in [0.1, 0.15) is 6.04 Å². The Kier molecular flexibility index (Phi) is 6.27. The Morgan fingerprint density at radius 1 is 1.37 bits per heavy atom. The highest BCUT2D eigenvalue weighted by atomic mass is 127. The Labute approximate surface area is 127 Å². The molecule has 19 heavy (non-hydrogen) atoms. The molecule has 4 nitrogen and oxygen atoms in total. The minimum absolute atomic E-state index is 0.155. The standard InChI is InChI=1S/C14H19IN2O2/c1-4-8-16-13(18)10(3)17-14(19)11-7-5-6-9(2)12(11)15/h5-7,10H,4,8H2,1-3H3,(H,16,18)(H,17,19). The monoisotopic (exact) mass is 374 g/mol. The van der Waals surface area contributed by atoms with Crippen molar-refractivity contribution in [1.82, 2.24) is 10.6 Å². The van der Waals surface area contributed by atoms with Crippen molar-refractivity contribution < 1.29 is 9.59 Å². The fraction of sp³-hybridized carbons (Fsp3) is 0.429. The molecule has 0 aliphatic rings. The average molecular weight is 374 g/mol. The molecule has 0 aliphatic heterocycles. The van der Waals surface area contributed by atoms with Crippen LogP contribution in [0.5, 0.6) is 0 Å². The van der Waals surface area contributed by atoms with Gasteiger partial charge in [-0.15, -0.1) is 0 Å². The van der Waals surface area contributed by atoms with E-state index in [1.165, 1.54) is 0 Å². The molecule has 1 aromatic carbocycles. The molecule has 0 bridgehead atoms. The molecular formula is C14H19IN2O2. The first-order valence-corrected chi connectivity index (χ1v) is 7.39. The normalized spacial score (nSPS) is 11.8. The van der Waals surface area contributed by atoms with Crippen LogP contribution in [0.15, 0.2) is 18.2 Å².